The van der Waals surface area contributed by atoms with Crippen molar-refractivity contribution in [1.29, 1.82) is 0 Å². The summed E-state index contributed by atoms with van der Waals surface area (Å²) in [5, 5.41) is 2.05. The fraction of sp³-hybridized carbons (Fsp3) is 0.235. The average molecular weight is 386 g/mol. The number of nitrogens with zero attached hydrogens (tertiary/aromatic N) is 1. The third-order valence-electron chi connectivity index (χ3n) is 3.78. The maximum atomic E-state index is 13.7. The molecule has 1 amide bonds. The number of aryl methyl sites for hydroxylation is 2. The van der Waals surface area contributed by atoms with Crippen molar-refractivity contribution in [2.75, 3.05) is 22.4 Å². The Morgan fingerprint density at radius 1 is 1.04 bits per heavy atom. The highest BCUT2D eigenvalue weighted by molar-refractivity contribution is 7.92. The van der Waals surface area contributed by atoms with Crippen LogP contribution in [0.15, 0.2) is 30.3 Å². The lowest BCUT2D eigenvalue weighted by molar-refractivity contribution is -0.114. The van der Waals surface area contributed by atoms with E-state index in [1.807, 2.05) is 12.2 Å². The number of halogens is 3. The molecule has 140 valence electrons. The third kappa shape index (κ3) is 4.34. The van der Waals surface area contributed by atoms with E-state index < -0.39 is 45.6 Å². The van der Waals surface area contributed by atoms with Gasteiger partial charge in [-0.25, -0.2) is 21.6 Å². The maximum Gasteiger partial charge on any atom is 0.245 e. The van der Waals surface area contributed by atoms with Crippen molar-refractivity contribution in [3.8, 4) is 0 Å². The van der Waals surface area contributed by atoms with E-state index in [2.05, 4.69) is 0 Å². The molecule has 0 aliphatic carbocycles. The SMILES string of the molecule is Cc1ccc(N(CC(=O)Nc2ccc(F)c(F)c2F)S(C)(=O)=O)cc1C. The Kier molecular flexibility index (Phi) is 5.60. The van der Waals surface area contributed by atoms with Gasteiger partial charge >= 0.3 is 0 Å². The molecule has 9 heteroatoms. The summed E-state index contributed by atoms with van der Waals surface area (Å²) in [7, 11) is -3.82. The minimum Gasteiger partial charge on any atom is -0.322 e. The molecule has 2 aromatic rings. The monoisotopic (exact) mass is 386 g/mol. The molecule has 0 radical (unpaired) electrons. The number of carbonyl (C=O) groups excluding carboxylic acids is 1. The van der Waals surface area contributed by atoms with Gasteiger partial charge in [0.05, 0.1) is 17.6 Å². The van der Waals surface area contributed by atoms with Crippen LogP contribution in [-0.2, 0) is 14.8 Å². The molecule has 0 spiro atoms. The second-order valence-electron chi connectivity index (χ2n) is 5.81. The molecule has 2 aromatic carbocycles. The lowest BCUT2D eigenvalue weighted by Crippen LogP contribution is -2.37. The Hall–Kier alpha value is -2.55. The molecule has 1 N–H and O–H groups in total. The maximum absolute atomic E-state index is 13.7. The molecule has 0 aliphatic rings. The van der Waals surface area contributed by atoms with Crippen molar-refractivity contribution in [2.45, 2.75) is 13.8 Å². The molecular weight excluding hydrogens is 369 g/mol. The van der Waals surface area contributed by atoms with Gasteiger partial charge in [-0.15, -0.1) is 0 Å². The number of hydrogen-bond acceptors (Lipinski definition) is 3. The minimum atomic E-state index is -3.82. The molecule has 0 aliphatic heterocycles. The number of sulfonamides is 1. The lowest BCUT2D eigenvalue weighted by Gasteiger charge is -2.22. The van der Waals surface area contributed by atoms with Crippen LogP contribution in [0.2, 0.25) is 0 Å². The van der Waals surface area contributed by atoms with Crippen LogP contribution in [0, 0.1) is 31.3 Å². The number of rotatable bonds is 5. The summed E-state index contributed by atoms with van der Waals surface area (Å²) in [5.41, 5.74) is 1.44. The van der Waals surface area contributed by atoms with Crippen LogP contribution in [0.25, 0.3) is 0 Å². The zero-order valence-electron chi connectivity index (χ0n) is 14.3. The van der Waals surface area contributed by atoms with Gasteiger partial charge in [0.25, 0.3) is 0 Å². The fourth-order valence-corrected chi connectivity index (χ4v) is 3.07. The number of carbonyl (C=O) groups is 1. The highest BCUT2D eigenvalue weighted by Gasteiger charge is 2.22. The van der Waals surface area contributed by atoms with Gasteiger partial charge in [-0.2, -0.15) is 0 Å². The molecule has 26 heavy (non-hydrogen) atoms. The smallest absolute Gasteiger partial charge is 0.245 e. The third-order valence-corrected chi connectivity index (χ3v) is 4.92. The molecule has 0 saturated heterocycles. The Labute approximate surface area is 149 Å². The van der Waals surface area contributed by atoms with E-state index >= 15 is 0 Å². The van der Waals surface area contributed by atoms with Crippen LogP contribution in [0.1, 0.15) is 11.1 Å². The first-order valence-electron chi connectivity index (χ1n) is 7.49. The van der Waals surface area contributed by atoms with Crippen molar-refractivity contribution >= 4 is 27.3 Å². The first-order valence-corrected chi connectivity index (χ1v) is 9.34. The Morgan fingerprint density at radius 2 is 1.69 bits per heavy atom. The molecular formula is C17H17F3N2O3S. The molecule has 0 saturated carbocycles. The van der Waals surface area contributed by atoms with Crippen molar-refractivity contribution in [1.82, 2.24) is 0 Å². The van der Waals surface area contributed by atoms with Crippen molar-refractivity contribution in [3.63, 3.8) is 0 Å². The number of amides is 1. The second kappa shape index (κ2) is 7.36. The van der Waals surface area contributed by atoms with E-state index in [0.717, 1.165) is 27.8 Å². The Morgan fingerprint density at radius 3 is 2.27 bits per heavy atom. The molecule has 5 nitrogen and oxygen atoms in total. The van der Waals surface area contributed by atoms with Crippen molar-refractivity contribution in [3.05, 3.63) is 58.9 Å². The Balaban J connectivity index is 2.28. The molecule has 0 bridgehead atoms. The number of anilines is 2. The number of benzene rings is 2. The molecule has 2 rings (SSSR count). The van der Waals surface area contributed by atoms with Gasteiger partial charge in [-0.3, -0.25) is 9.10 Å². The standard InChI is InChI=1S/C17H17F3N2O3S/c1-10-4-5-12(8-11(10)2)22(26(3,24)25)9-15(23)21-14-7-6-13(18)16(19)17(14)20/h4-8H,9H2,1-3H3,(H,21,23). The average Bonchev–Trinajstić information content (AvgIpc) is 2.55. The lowest BCUT2D eigenvalue weighted by atomic mass is 10.1. The van der Waals surface area contributed by atoms with Crippen LogP contribution < -0.4 is 9.62 Å². The number of nitrogens with one attached hydrogen (secondary N) is 1. The second-order valence-corrected chi connectivity index (χ2v) is 7.72. The van der Waals surface area contributed by atoms with E-state index in [4.69, 9.17) is 0 Å². The van der Waals surface area contributed by atoms with Gasteiger partial charge < -0.3 is 5.32 Å². The topological polar surface area (TPSA) is 66.5 Å². The zero-order chi connectivity index (χ0) is 19.6. The quantitative estimate of drug-likeness (QED) is 0.803. The summed E-state index contributed by atoms with van der Waals surface area (Å²) in [6, 6.07) is 6.35. The van der Waals surface area contributed by atoms with Crippen LogP contribution >= 0.6 is 0 Å². The van der Waals surface area contributed by atoms with E-state index in [-0.39, 0.29) is 5.69 Å². The van der Waals surface area contributed by atoms with E-state index in [1.54, 1.807) is 19.1 Å². The molecule has 0 heterocycles. The van der Waals surface area contributed by atoms with E-state index in [9.17, 15) is 26.4 Å². The van der Waals surface area contributed by atoms with Gasteiger partial charge in [-0.05, 0) is 49.2 Å². The van der Waals surface area contributed by atoms with Crippen molar-refractivity contribution < 1.29 is 26.4 Å². The predicted octanol–water partition coefficient (Wildman–Crippen LogP) is 3.13. The van der Waals surface area contributed by atoms with Gasteiger partial charge in [-0.1, -0.05) is 6.07 Å². The normalized spacial score (nSPS) is 11.3. The van der Waals surface area contributed by atoms with E-state index in [0.29, 0.717) is 6.07 Å². The first kappa shape index (κ1) is 19.8. The summed E-state index contributed by atoms with van der Waals surface area (Å²) in [6.07, 6.45) is 0.924. The summed E-state index contributed by atoms with van der Waals surface area (Å²) in [4.78, 5) is 12.1. The molecule has 0 aromatic heterocycles. The predicted molar refractivity (Wildman–Crippen MR) is 93.1 cm³/mol. The summed E-state index contributed by atoms with van der Waals surface area (Å²) in [5.74, 6) is -5.58. The van der Waals surface area contributed by atoms with Gasteiger partial charge in [0.2, 0.25) is 15.9 Å². The summed E-state index contributed by atoms with van der Waals surface area (Å²) in [6.45, 7) is 2.98. The van der Waals surface area contributed by atoms with Crippen LogP contribution in [0.5, 0.6) is 0 Å². The number of hydrogen-bond donors (Lipinski definition) is 1. The molecule has 0 atom stereocenters. The van der Waals surface area contributed by atoms with Crippen molar-refractivity contribution in [2.24, 2.45) is 0 Å². The van der Waals surface area contributed by atoms with Gasteiger partial charge in [0.15, 0.2) is 17.5 Å². The van der Waals surface area contributed by atoms with Crippen LogP contribution in [0.3, 0.4) is 0 Å². The highest BCUT2D eigenvalue weighted by atomic mass is 32.2. The fourth-order valence-electron chi connectivity index (χ4n) is 2.22. The molecule has 0 unspecified atom stereocenters. The molecule has 0 fully saturated rings. The summed E-state index contributed by atoms with van der Waals surface area (Å²) < 4.78 is 64.8. The van der Waals surface area contributed by atoms with E-state index in [1.165, 1.54) is 6.07 Å². The first-order chi connectivity index (χ1) is 12.0. The largest absolute Gasteiger partial charge is 0.322 e. The highest BCUT2D eigenvalue weighted by Crippen LogP contribution is 2.22. The van der Waals surface area contributed by atoms with Gasteiger partial charge in [0.1, 0.15) is 6.54 Å². The minimum absolute atomic E-state index is 0.261. The van der Waals surface area contributed by atoms with Crippen LogP contribution in [0.4, 0.5) is 24.5 Å². The van der Waals surface area contributed by atoms with Gasteiger partial charge in [0, 0.05) is 0 Å². The zero-order valence-corrected chi connectivity index (χ0v) is 15.1. The Bertz CT molecular complexity index is 962. The van der Waals surface area contributed by atoms with Crippen LogP contribution in [-0.4, -0.2) is 27.1 Å². The summed E-state index contributed by atoms with van der Waals surface area (Å²) >= 11 is 0.